The van der Waals surface area contributed by atoms with Crippen LogP contribution in [-0.2, 0) is 20.8 Å². The van der Waals surface area contributed by atoms with Gasteiger partial charge in [0.25, 0.3) is 0 Å². The summed E-state index contributed by atoms with van der Waals surface area (Å²) in [4.78, 5) is 37.2. The molecule has 0 bridgehead atoms. The van der Waals surface area contributed by atoms with E-state index in [2.05, 4.69) is 26.3 Å². The summed E-state index contributed by atoms with van der Waals surface area (Å²) in [5, 5.41) is 7.28. The molecular weight excluding hydrogens is 450 g/mol. The van der Waals surface area contributed by atoms with Crippen LogP contribution in [-0.4, -0.2) is 40.8 Å². The molecular formula is C18H22BrN3O5S. The van der Waals surface area contributed by atoms with E-state index in [1.807, 2.05) is 6.92 Å². The second kappa shape index (κ2) is 9.83. The zero-order valence-electron chi connectivity index (χ0n) is 16.1. The van der Waals surface area contributed by atoms with E-state index >= 15 is 0 Å². The zero-order chi connectivity index (χ0) is 20.8. The maximum atomic E-state index is 12.4. The Bertz CT molecular complexity index is 871. The Morgan fingerprint density at radius 1 is 1.18 bits per heavy atom. The van der Waals surface area contributed by atoms with Crippen LogP contribution in [0, 0.1) is 13.8 Å². The van der Waals surface area contributed by atoms with Crippen molar-refractivity contribution in [1.82, 2.24) is 9.78 Å². The highest BCUT2D eigenvalue weighted by Gasteiger charge is 2.27. The van der Waals surface area contributed by atoms with Crippen LogP contribution in [0.15, 0.2) is 10.7 Å². The summed E-state index contributed by atoms with van der Waals surface area (Å²) in [6.45, 7) is 7.66. The molecule has 2 aromatic rings. The second-order valence-corrected chi connectivity index (χ2v) is 7.70. The van der Waals surface area contributed by atoms with Crippen molar-refractivity contribution in [3.63, 3.8) is 0 Å². The molecule has 2 aromatic heterocycles. The lowest BCUT2D eigenvalue weighted by Gasteiger charge is -2.07. The van der Waals surface area contributed by atoms with E-state index in [1.165, 1.54) is 0 Å². The molecule has 0 saturated heterocycles. The lowest BCUT2D eigenvalue weighted by molar-refractivity contribution is -0.116. The van der Waals surface area contributed by atoms with Gasteiger partial charge in [-0.1, -0.05) is 0 Å². The first kappa shape index (κ1) is 22.1. The fourth-order valence-corrected chi connectivity index (χ4v) is 3.88. The number of ether oxygens (including phenoxy) is 2. The van der Waals surface area contributed by atoms with Crippen LogP contribution in [0.3, 0.4) is 0 Å². The van der Waals surface area contributed by atoms with Gasteiger partial charge in [0.1, 0.15) is 9.88 Å². The number of esters is 2. The number of halogens is 1. The number of carbonyl (C=O) groups excluding carboxylic acids is 3. The van der Waals surface area contributed by atoms with Gasteiger partial charge in [0.2, 0.25) is 5.91 Å². The number of hydrogen-bond donors (Lipinski definition) is 1. The van der Waals surface area contributed by atoms with E-state index in [9.17, 15) is 14.4 Å². The molecule has 2 heterocycles. The van der Waals surface area contributed by atoms with Crippen LogP contribution in [0.4, 0.5) is 5.00 Å². The fraction of sp³-hybridized carbons (Fsp3) is 0.444. The number of nitrogens with zero attached hydrogens (tertiary/aromatic N) is 2. The molecule has 10 heteroatoms. The second-order valence-electron chi connectivity index (χ2n) is 5.82. The Morgan fingerprint density at radius 3 is 2.39 bits per heavy atom. The van der Waals surface area contributed by atoms with Crippen LogP contribution in [0.2, 0.25) is 0 Å². The number of rotatable bonds is 8. The fourth-order valence-electron chi connectivity index (χ4n) is 2.46. The van der Waals surface area contributed by atoms with Crippen molar-refractivity contribution in [3.05, 3.63) is 32.4 Å². The van der Waals surface area contributed by atoms with Gasteiger partial charge in [0, 0.05) is 19.2 Å². The van der Waals surface area contributed by atoms with E-state index in [4.69, 9.17) is 9.47 Å². The van der Waals surface area contributed by atoms with E-state index in [0.717, 1.165) is 21.5 Å². The molecule has 1 N–H and O–H groups in total. The number of amides is 1. The molecule has 0 unspecified atom stereocenters. The van der Waals surface area contributed by atoms with Gasteiger partial charge in [0.05, 0.1) is 28.9 Å². The lowest BCUT2D eigenvalue weighted by atomic mass is 10.1. The minimum absolute atomic E-state index is 0.154. The van der Waals surface area contributed by atoms with Crippen molar-refractivity contribution < 1.29 is 23.9 Å². The van der Waals surface area contributed by atoms with Gasteiger partial charge in [-0.3, -0.25) is 9.48 Å². The predicted molar refractivity (Wildman–Crippen MR) is 109 cm³/mol. The van der Waals surface area contributed by atoms with Crippen LogP contribution >= 0.6 is 27.3 Å². The molecule has 0 aromatic carbocycles. The van der Waals surface area contributed by atoms with Gasteiger partial charge >= 0.3 is 11.9 Å². The molecule has 0 fully saturated rings. The third-order valence-corrected chi connectivity index (χ3v) is 5.76. The molecule has 0 aliphatic rings. The number of anilines is 1. The van der Waals surface area contributed by atoms with Crippen molar-refractivity contribution >= 4 is 50.1 Å². The lowest BCUT2D eigenvalue weighted by Crippen LogP contribution is -2.16. The molecule has 1 amide bonds. The van der Waals surface area contributed by atoms with Gasteiger partial charge in [-0.2, -0.15) is 5.10 Å². The number of carbonyl (C=O) groups is 3. The third kappa shape index (κ3) is 5.20. The first-order valence-electron chi connectivity index (χ1n) is 8.75. The average Bonchev–Trinajstić information content (AvgIpc) is 3.12. The maximum absolute atomic E-state index is 12.4. The van der Waals surface area contributed by atoms with Crippen LogP contribution in [0.25, 0.3) is 0 Å². The molecule has 152 valence electrons. The Balaban J connectivity index is 2.19. The zero-order valence-corrected chi connectivity index (χ0v) is 18.5. The first-order valence-corrected chi connectivity index (χ1v) is 10.4. The van der Waals surface area contributed by atoms with Crippen LogP contribution in [0.1, 0.15) is 51.6 Å². The molecule has 2 rings (SSSR count). The minimum atomic E-state index is -0.589. The molecule has 0 atom stereocenters. The van der Waals surface area contributed by atoms with Gasteiger partial charge in [-0.05, 0) is 49.2 Å². The molecule has 28 heavy (non-hydrogen) atoms. The van der Waals surface area contributed by atoms with Crippen molar-refractivity contribution in [2.45, 2.75) is 40.7 Å². The monoisotopic (exact) mass is 471 g/mol. The minimum Gasteiger partial charge on any atom is -0.462 e. The summed E-state index contributed by atoms with van der Waals surface area (Å²) >= 11 is 4.38. The maximum Gasteiger partial charge on any atom is 0.348 e. The van der Waals surface area contributed by atoms with Crippen LogP contribution < -0.4 is 5.32 Å². The summed E-state index contributed by atoms with van der Waals surface area (Å²) in [7, 11) is 0. The Hall–Kier alpha value is -2.20. The summed E-state index contributed by atoms with van der Waals surface area (Å²) in [5.41, 5.74) is 1.45. The summed E-state index contributed by atoms with van der Waals surface area (Å²) in [5.74, 6) is -1.42. The van der Waals surface area contributed by atoms with Crippen molar-refractivity contribution in [2.75, 3.05) is 18.5 Å². The number of aryl methyl sites for hydroxylation is 2. The van der Waals surface area contributed by atoms with Gasteiger partial charge in [-0.25, -0.2) is 9.59 Å². The molecule has 0 radical (unpaired) electrons. The molecule has 0 aliphatic heterocycles. The normalized spacial score (nSPS) is 10.6. The number of nitrogens with one attached hydrogen (secondary N) is 1. The Labute approximate surface area is 175 Å². The Morgan fingerprint density at radius 2 is 1.82 bits per heavy atom. The van der Waals surface area contributed by atoms with Crippen LogP contribution in [0.5, 0.6) is 0 Å². The van der Waals surface area contributed by atoms with Crippen molar-refractivity contribution in [3.8, 4) is 0 Å². The highest BCUT2D eigenvalue weighted by molar-refractivity contribution is 9.10. The predicted octanol–water partition coefficient (Wildman–Crippen LogP) is 3.71. The number of thiophene rings is 1. The standard InChI is InChI=1S/C18H22BrN3O5S/c1-5-26-17(24)14-10(3)15(18(25)27-6-2)28-16(14)20-13(23)7-8-22-9-12(19)11(4)21-22/h9H,5-8H2,1-4H3,(H,20,23). The van der Waals surface area contributed by atoms with E-state index < -0.39 is 11.9 Å². The summed E-state index contributed by atoms with van der Waals surface area (Å²) < 4.78 is 12.6. The molecule has 0 saturated carbocycles. The van der Waals surface area contributed by atoms with E-state index in [1.54, 1.807) is 31.6 Å². The quantitative estimate of drug-likeness (QED) is 0.589. The molecule has 8 nitrogen and oxygen atoms in total. The highest BCUT2D eigenvalue weighted by atomic mass is 79.9. The smallest absolute Gasteiger partial charge is 0.348 e. The largest absolute Gasteiger partial charge is 0.462 e. The van der Waals surface area contributed by atoms with Gasteiger partial charge < -0.3 is 14.8 Å². The average molecular weight is 472 g/mol. The van der Waals surface area contributed by atoms with Gasteiger partial charge in [0.15, 0.2) is 0 Å². The topological polar surface area (TPSA) is 99.5 Å². The number of aromatic nitrogens is 2. The highest BCUT2D eigenvalue weighted by Crippen LogP contribution is 2.34. The van der Waals surface area contributed by atoms with Crippen molar-refractivity contribution in [1.29, 1.82) is 0 Å². The third-order valence-electron chi connectivity index (χ3n) is 3.79. The SMILES string of the molecule is CCOC(=O)c1sc(NC(=O)CCn2cc(Br)c(C)n2)c(C(=O)OCC)c1C. The van der Waals surface area contributed by atoms with Gasteiger partial charge in [-0.15, -0.1) is 11.3 Å². The van der Waals surface area contributed by atoms with E-state index in [-0.39, 0.29) is 41.0 Å². The molecule has 0 spiro atoms. The Kier molecular flexibility index (Phi) is 7.76. The van der Waals surface area contributed by atoms with E-state index in [0.29, 0.717) is 12.1 Å². The summed E-state index contributed by atoms with van der Waals surface area (Å²) in [6.07, 6.45) is 1.95. The summed E-state index contributed by atoms with van der Waals surface area (Å²) in [6, 6.07) is 0. The first-order chi connectivity index (χ1) is 13.3. The number of hydrogen-bond acceptors (Lipinski definition) is 7. The van der Waals surface area contributed by atoms with Crippen molar-refractivity contribution in [2.24, 2.45) is 0 Å². The molecule has 0 aliphatic carbocycles.